The van der Waals surface area contributed by atoms with Crippen molar-refractivity contribution in [2.75, 3.05) is 52.4 Å². The zero-order valence-electron chi connectivity index (χ0n) is 18.5. The highest BCUT2D eigenvalue weighted by molar-refractivity contribution is 5.05. The Hall–Kier alpha value is -0.160. The first-order valence-electron chi connectivity index (χ1n) is 10.8. The fourth-order valence-electron chi connectivity index (χ4n) is 5.10. The third kappa shape index (κ3) is 4.29. The Balaban J connectivity index is 1.56. The maximum absolute atomic E-state index is 6.27. The molecule has 0 aliphatic carbocycles. The molecule has 0 bridgehead atoms. The molecule has 0 aromatic carbocycles. The first kappa shape index (κ1) is 20.6. The van der Waals surface area contributed by atoms with Crippen molar-refractivity contribution in [1.82, 2.24) is 14.7 Å². The van der Waals surface area contributed by atoms with Gasteiger partial charge in [-0.05, 0) is 59.0 Å². The molecule has 0 aromatic heterocycles. The summed E-state index contributed by atoms with van der Waals surface area (Å²) in [6.07, 6.45) is 3.07. The van der Waals surface area contributed by atoms with E-state index in [0.717, 1.165) is 32.2 Å². The Labute approximate surface area is 162 Å². The summed E-state index contributed by atoms with van der Waals surface area (Å²) in [5, 5.41) is 0. The molecule has 4 nitrogen and oxygen atoms in total. The van der Waals surface area contributed by atoms with Gasteiger partial charge in [-0.15, -0.1) is 0 Å². The molecule has 0 amide bonds. The quantitative estimate of drug-likeness (QED) is 0.744. The predicted octanol–water partition coefficient (Wildman–Crippen LogP) is 3.32. The molecule has 1 unspecified atom stereocenters. The topological polar surface area (TPSA) is 19.0 Å². The van der Waals surface area contributed by atoms with E-state index < -0.39 is 0 Å². The van der Waals surface area contributed by atoms with Gasteiger partial charge in [0.2, 0.25) is 0 Å². The van der Waals surface area contributed by atoms with E-state index in [1.165, 1.54) is 39.0 Å². The summed E-state index contributed by atoms with van der Waals surface area (Å²) in [6.45, 7) is 25.9. The van der Waals surface area contributed by atoms with Crippen LogP contribution in [0.15, 0.2) is 0 Å². The Bertz CT molecular complexity index is 470. The Morgan fingerprint density at radius 3 is 1.96 bits per heavy atom. The third-order valence-electron chi connectivity index (χ3n) is 7.25. The first-order chi connectivity index (χ1) is 12.0. The van der Waals surface area contributed by atoms with Crippen molar-refractivity contribution in [1.29, 1.82) is 0 Å². The maximum Gasteiger partial charge on any atom is 0.0880 e. The lowest BCUT2D eigenvalue weighted by Crippen LogP contribution is -2.70. The lowest BCUT2D eigenvalue weighted by atomic mass is 9.76. The van der Waals surface area contributed by atoms with Gasteiger partial charge in [-0.25, -0.2) is 0 Å². The van der Waals surface area contributed by atoms with Crippen molar-refractivity contribution < 1.29 is 4.74 Å². The summed E-state index contributed by atoms with van der Waals surface area (Å²) in [6, 6.07) is 0. The van der Waals surface area contributed by atoms with Gasteiger partial charge < -0.3 is 4.74 Å². The van der Waals surface area contributed by atoms with Crippen LogP contribution in [0.25, 0.3) is 0 Å². The van der Waals surface area contributed by atoms with Gasteiger partial charge in [-0.2, -0.15) is 0 Å². The molecular formula is C22H43N3O. The molecule has 3 heterocycles. The maximum atomic E-state index is 6.27. The second-order valence-corrected chi connectivity index (χ2v) is 11.3. The number of hydrogen-bond acceptors (Lipinski definition) is 4. The minimum Gasteiger partial charge on any atom is -0.374 e. The molecule has 3 saturated heterocycles. The van der Waals surface area contributed by atoms with Gasteiger partial charge in [0.15, 0.2) is 0 Å². The van der Waals surface area contributed by atoms with Crippen LogP contribution in [0.4, 0.5) is 0 Å². The summed E-state index contributed by atoms with van der Waals surface area (Å²) >= 11 is 0. The summed E-state index contributed by atoms with van der Waals surface area (Å²) in [7, 11) is 0. The highest BCUT2D eigenvalue weighted by atomic mass is 16.5. The Morgan fingerprint density at radius 2 is 1.38 bits per heavy atom. The molecule has 3 rings (SSSR count). The van der Waals surface area contributed by atoms with Crippen molar-refractivity contribution >= 4 is 0 Å². The molecule has 0 saturated carbocycles. The third-order valence-corrected chi connectivity index (χ3v) is 7.25. The second kappa shape index (κ2) is 7.35. The van der Waals surface area contributed by atoms with Crippen LogP contribution >= 0.6 is 0 Å². The van der Waals surface area contributed by atoms with Crippen LogP contribution < -0.4 is 0 Å². The van der Waals surface area contributed by atoms with Crippen molar-refractivity contribution in [3.8, 4) is 0 Å². The Morgan fingerprint density at radius 1 is 0.769 bits per heavy atom. The standard InChI is InChI=1S/C22H43N3O/c1-20(2,3)17-23-12-13-26-19(16-23)22(6,7)25-14-18(15-25)21(4,5)24-10-8-9-11-24/h18-19H,8-17H2,1-7H3. The minimum atomic E-state index is 0.119. The van der Waals surface area contributed by atoms with E-state index in [1.54, 1.807) is 0 Å². The summed E-state index contributed by atoms with van der Waals surface area (Å²) in [4.78, 5) is 8.02. The van der Waals surface area contributed by atoms with E-state index in [9.17, 15) is 0 Å². The van der Waals surface area contributed by atoms with Gasteiger partial charge in [0.1, 0.15) is 0 Å². The van der Waals surface area contributed by atoms with Crippen molar-refractivity contribution in [2.45, 2.75) is 78.5 Å². The van der Waals surface area contributed by atoms with Crippen LogP contribution in [0.3, 0.4) is 0 Å². The zero-order chi connectivity index (χ0) is 19.2. The van der Waals surface area contributed by atoms with Crippen LogP contribution in [0, 0.1) is 11.3 Å². The van der Waals surface area contributed by atoms with Crippen LogP contribution in [-0.2, 0) is 4.74 Å². The molecule has 3 aliphatic rings. The molecule has 3 fully saturated rings. The fraction of sp³-hybridized carbons (Fsp3) is 1.00. The molecule has 0 spiro atoms. The lowest BCUT2D eigenvalue weighted by molar-refractivity contribution is -0.147. The van der Waals surface area contributed by atoms with Crippen LogP contribution in [-0.4, -0.2) is 84.3 Å². The van der Waals surface area contributed by atoms with E-state index in [-0.39, 0.29) is 5.54 Å². The summed E-state index contributed by atoms with van der Waals surface area (Å²) in [5.41, 5.74) is 0.816. The molecule has 26 heavy (non-hydrogen) atoms. The van der Waals surface area contributed by atoms with Crippen molar-refractivity contribution in [3.05, 3.63) is 0 Å². The van der Waals surface area contributed by atoms with Crippen LogP contribution in [0.5, 0.6) is 0 Å². The molecule has 3 aliphatic heterocycles. The number of hydrogen-bond donors (Lipinski definition) is 0. The number of rotatable bonds is 5. The molecular weight excluding hydrogens is 322 g/mol. The molecule has 0 radical (unpaired) electrons. The fourth-order valence-corrected chi connectivity index (χ4v) is 5.10. The van der Waals surface area contributed by atoms with E-state index in [1.807, 2.05) is 0 Å². The highest BCUT2D eigenvalue weighted by Gasteiger charge is 2.50. The number of nitrogens with zero attached hydrogens (tertiary/aromatic N) is 3. The summed E-state index contributed by atoms with van der Waals surface area (Å²) < 4.78 is 6.27. The van der Waals surface area contributed by atoms with Gasteiger partial charge in [0.25, 0.3) is 0 Å². The van der Waals surface area contributed by atoms with Gasteiger partial charge >= 0.3 is 0 Å². The summed E-state index contributed by atoms with van der Waals surface area (Å²) in [5.74, 6) is 0.786. The minimum absolute atomic E-state index is 0.119. The number of morpholine rings is 1. The number of ether oxygens (including phenoxy) is 1. The highest BCUT2D eigenvalue weighted by Crippen LogP contribution is 2.39. The Kier molecular flexibility index (Phi) is 5.81. The van der Waals surface area contributed by atoms with E-state index in [4.69, 9.17) is 4.74 Å². The second-order valence-electron chi connectivity index (χ2n) is 11.3. The zero-order valence-corrected chi connectivity index (χ0v) is 18.5. The molecule has 152 valence electrons. The molecule has 1 atom stereocenters. The lowest BCUT2D eigenvalue weighted by Gasteiger charge is -2.58. The first-order valence-corrected chi connectivity index (χ1v) is 10.8. The molecule has 0 N–H and O–H groups in total. The van der Waals surface area contributed by atoms with E-state index in [0.29, 0.717) is 17.1 Å². The van der Waals surface area contributed by atoms with Gasteiger partial charge in [0.05, 0.1) is 12.7 Å². The van der Waals surface area contributed by atoms with Crippen molar-refractivity contribution in [2.24, 2.45) is 11.3 Å². The predicted molar refractivity (Wildman–Crippen MR) is 110 cm³/mol. The number of likely N-dealkylation sites (tertiary alicyclic amines) is 2. The molecule has 0 aromatic rings. The van der Waals surface area contributed by atoms with Gasteiger partial charge in [0, 0.05) is 49.7 Å². The van der Waals surface area contributed by atoms with Crippen molar-refractivity contribution in [3.63, 3.8) is 0 Å². The average Bonchev–Trinajstić information content (AvgIpc) is 2.98. The van der Waals surface area contributed by atoms with Gasteiger partial charge in [-0.3, -0.25) is 14.7 Å². The van der Waals surface area contributed by atoms with E-state index in [2.05, 4.69) is 63.2 Å². The monoisotopic (exact) mass is 365 g/mol. The smallest absolute Gasteiger partial charge is 0.0880 e. The normalized spacial score (nSPS) is 28.5. The largest absolute Gasteiger partial charge is 0.374 e. The van der Waals surface area contributed by atoms with Crippen LogP contribution in [0.2, 0.25) is 0 Å². The van der Waals surface area contributed by atoms with E-state index >= 15 is 0 Å². The average molecular weight is 366 g/mol. The van der Waals surface area contributed by atoms with Crippen LogP contribution in [0.1, 0.15) is 61.3 Å². The van der Waals surface area contributed by atoms with Gasteiger partial charge in [-0.1, -0.05) is 20.8 Å². The molecule has 4 heteroatoms. The SMILES string of the molecule is CC(C)(C)CN1CCOC(C(C)(C)N2CC(C(C)(C)N3CCCC3)C2)C1.